The maximum Gasteiger partial charge on any atom is 0.246 e. The number of amides is 1. The average Bonchev–Trinajstić information content (AvgIpc) is 2.73. The van der Waals surface area contributed by atoms with Gasteiger partial charge in [0.05, 0.1) is 18.0 Å². The van der Waals surface area contributed by atoms with Crippen molar-refractivity contribution >= 4 is 37.9 Å². The van der Waals surface area contributed by atoms with Crippen LogP contribution in [0.1, 0.15) is 24.2 Å². The summed E-state index contributed by atoms with van der Waals surface area (Å²) in [6, 6.07) is 14.3. The monoisotopic (exact) mass is 478 g/mol. The molecule has 0 aliphatic carbocycles. The molecule has 0 bridgehead atoms. The number of hydrogen-bond acceptors (Lipinski definition) is 4. The molecule has 1 fully saturated rings. The smallest absolute Gasteiger partial charge is 0.246 e. The Morgan fingerprint density at radius 1 is 1.21 bits per heavy atom. The number of rotatable bonds is 6. The molecule has 0 spiro atoms. The molecular weight excluding hydrogens is 456 g/mol. The number of ether oxygens (including phenoxy) is 1. The highest BCUT2D eigenvalue weighted by atomic mass is 79.9. The number of morpholine rings is 1. The highest BCUT2D eigenvalue weighted by molar-refractivity contribution is 9.10. The molecule has 1 saturated heterocycles. The van der Waals surface area contributed by atoms with Gasteiger partial charge < -0.3 is 9.64 Å². The number of nitrogens with zero attached hydrogens (tertiary/aromatic N) is 1. The van der Waals surface area contributed by atoms with Crippen LogP contribution in [0.3, 0.4) is 0 Å². The number of hydrogen-bond donors (Lipinski definition) is 1. The molecule has 1 aliphatic rings. The topological polar surface area (TPSA) is 75.7 Å². The zero-order chi connectivity index (χ0) is 20.9. The number of carbonyl (C=O) groups is 1. The summed E-state index contributed by atoms with van der Waals surface area (Å²) in [5.41, 5.74) is 1.79. The molecule has 2 aromatic rings. The number of benzene rings is 2. The predicted molar refractivity (Wildman–Crippen MR) is 116 cm³/mol. The van der Waals surface area contributed by atoms with Crippen LogP contribution in [-0.4, -0.2) is 45.5 Å². The van der Waals surface area contributed by atoms with E-state index in [1.54, 1.807) is 30.0 Å². The van der Waals surface area contributed by atoms with Crippen molar-refractivity contribution in [3.05, 3.63) is 70.2 Å². The van der Waals surface area contributed by atoms with Gasteiger partial charge in [0.2, 0.25) is 15.9 Å². The zero-order valence-electron chi connectivity index (χ0n) is 16.0. The Morgan fingerprint density at radius 3 is 2.55 bits per heavy atom. The van der Waals surface area contributed by atoms with E-state index in [1.165, 1.54) is 18.2 Å². The van der Waals surface area contributed by atoms with Crippen LogP contribution in [0.2, 0.25) is 0 Å². The highest BCUT2D eigenvalue weighted by Gasteiger charge is 2.24. The minimum Gasteiger partial charge on any atom is -0.370 e. The lowest BCUT2D eigenvalue weighted by atomic mass is 10.1. The fourth-order valence-corrected chi connectivity index (χ4v) is 4.34. The molecule has 1 heterocycles. The molecule has 1 atom stereocenters. The quantitative estimate of drug-likeness (QED) is 0.645. The molecule has 1 N–H and O–H groups in total. The van der Waals surface area contributed by atoms with Gasteiger partial charge in [-0.15, -0.1) is 0 Å². The molecule has 0 radical (unpaired) electrons. The van der Waals surface area contributed by atoms with Crippen LogP contribution in [-0.2, 0) is 19.6 Å². The van der Waals surface area contributed by atoms with Crippen molar-refractivity contribution in [2.75, 3.05) is 26.2 Å². The van der Waals surface area contributed by atoms with Gasteiger partial charge in [0, 0.05) is 23.6 Å². The van der Waals surface area contributed by atoms with Crippen molar-refractivity contribution in [2.45, 2.75) is 17.9 Å². The van der Waals surface area contributed by atoms with Crippen LogP contribution in [0.4, 0.5) is 0 Å². The first-order valence-corrected chi connectivity index (χ1v) is 11.6. The molecule has 8 heteroatoms. The van der Waals surface area contributed by atoms with Crippen LogP contribution in [0.25, 0.3) is 6.08 Å². The first kappa shape index (κ1) is 21.7. The minimum atomic E-state index is -3.48. The predicted octanol–water partition coefficient (Wildman–Crippen LogP) is 3.36. The lowest BCUT2D eigenvalue weighted by Gasteiger charge is -2.32. The summed E-state index contributed by atoms with van der Waals surface area (Å²) in [5.74, 6) is -0.0974. The van der Waals surface area contributed by atoms with E-state index in [0.29, 0.717) is 26.2 Å². The standard InChI is InChI=1S/C21H23BrN2O4S/c1-2-23-29(26,27)19-10-3-16(4-11-19)5-12-21(25)24-13-14-28-20(15-24)17-6-8-18(22)9-7-17/h3-12,20,23H,2,13-15H2,1H3. The summed E-state index contributed by atoms with van der Waals surface area (Å²) in [4.78, 5) is 14.5. The Balaban J connectivity index is 1.63. The molecule has 0 aromatic heterocycles. The molecule has 1 amide bonds. The molecule has 3 rings (SSSR count). The number of halogens is 1. The van der Waals surface area contributed by atoms with Crippen LogP contribution < -0.4 is 4.72 Å². The number of carbonyl (C=O) groups excluding carboxylic acids is 1. The lowest BCUT2D eigenvalue weighted by Crippen LogP contribution is -2.41. The summed E-state index contributed by atoms with van der Waals surface area (Å²) >= 11 is 3.42. The van der Waals surface area contributed by atoms with Crippen LogP contribution >= 0.6 is 15.9 Å². The summed E-state index contributed by atoms with van der Waals surface area (Å²) in [5, 5.41) is 0. The van der Waals surface area contributed by atoms with Crippen molar-refractivity contribution in [3.8, 4) is 0 Å². The van der Waals surface area contributed by atoms with Gasteiger partial charge in [0.25, 0.3) is 0 Å². The van der Waals surface area contributed by atoms with Gasteiger partial charge in [0.15, 0.2) is 0 Å². The van der Waals surface area contributed by atoms with E-state index in [9.17, 15) is 13.2 Å². The Morgan fingerprint density at radius 2 is 1.90 bits per heavy atom. The van der Waals surface area contributed by atoms with Crippen LogP contribution in [0.5, 0.6) is 0 Å². The SMILES string of the molecule is CCNS(=O)(=O)c1ccc(C=CC(=O)N2CCOC(c3ccc(Br)cc3)C2)cc1. The van der Waals surface area contributed by atoms with Gasteiger partial charge >= 0.3 is 0 Å². The first-order chi connectivity index (χ1) is 13.9. The van der Waals surface area contributed by atoms with Gasteiger partial charge in [-0.2, -0.15) is 0 Å². The fraction of sp³-hybridized carbons (Fsp3) is 0.286. The normalized spacial score (nSPS) is 17.6. The maximum atomic E-state index is 12.6. The average molecular weight is 479 g/mol. The maximum absolute atomic E-state index is 12.6. The molecule has 29 heavy (non-hydrogen) atoms. The number of nitrogens with one attached hydrogen (secondary N) is 1. The second kappa shape index (κ2) is 9.67. The van der Waals surface area contributed by atoms with Gasteiger partial charge in [-0.3, -0.25) is 4.79 Å². The van der Waals surface area contributed by atoms with Crippen molar-refractivity contribution < 1.29 is 17.9 Å². The highest BCUT2D eigenvalue weighted by Crippen LogP contribution is 2.24. The van der Waals surface area contributed by atoms with E-state index in [2.05, 4.69) is 20.7 Å². The third-order valence-electron chi connectivity index (χ3n) is 4.56. The fourth-order valence-electron chi connectivity index (χ4n) is 3.03. The first-order valence-electron chi connectivity index (χ1n) is 9.33. The zero-order valence-corrected chi connectivity index (χ0v) is 18.4. The molecule has 154 valence electrons. The molecular formula is C21H23BrN2O4S. The van der Waals surface area contributed by atoms with Gasteiger partial charge in [-0.1, -0.05) is 47.1 Å². The third kappa shape index (κ3) is 5.76. The summed E-state index contributed by atoms with van der Waals surface area (Å²) in [6.45, 7) is 3.57. The molecule has 1 unspecified atom stereocenters. The Kier molecular flexibility index (Phi) is 7.23. The van der Waals surface area contributed by atoms with Crippen molar-refractivity contribution in [3.63, 3.8) is 0 Å². The van der Waals surface area contributed by atoms with Gasteiger partial charge in [-0.25, -0.2) is 13.1 Å². The van der Waals surface area contributed by atoms with Gasteiger partial charge in [-0.05, 0) is 41.5 Å². The number of sulfonamides is 1. The third-order valence-corrected chi connectivity index (χ3v) is 6.65. The summed E-state index contributed by atoms with van der Waals surface area (Å²) in [7, 11) is -3.48. The van der Waals surface area contributed by atoms with Crippen molar-refractivity contribution in [1.82, 2.24) is 9.62 Å². The Bertz CT molecular complexity index is 973. The lowest BCUT2D eigenvalue weighted by molar-refractivity contribution is -0.133. The Hall–Kier alpha value is -2.00. The van der Waals surface area contributed by atoms with E-state index in [1.807, 2.05) is 24.3 Å². The summed E-state index contributed by atoms with van der Waals surface area (Å²) < 4.78 is 33.2. The van der Waals surface area contributed by atoms with Crippen molar-refractivity contribution in [2.24, 2.45) is 0 Å². The molecule has 2 aromatic carbocycles. The molecule has 6 nitrogen and oxygen atoms in total. The second-order valence-corrected chi connectivity index (χ2v) is 9.28. The second-order valence-electron chi connectivity index (χ2n) is 6.60. The largest absolute Gasteiger partial charge is 0.370 e. The van der Waals surface area contributed by atoms with Crippen LogP contribution in [0, 0.1) is 0 Å². The van der Waals surface area contributed by atoms with E-state index in [4.69, 9.17) is 4.74 Å². The summed E-state index contributed by atoms with van der Waals surface area (Å²) in [6.07, 6.45) is 3.05. The van der Waals surface area contributed by atoms with E-state index in [-0.39, 0.29) is 16.9 Å². The minimum absolute atomic E-state index is 0.0974. The van der Waals surface area contributed by atoms with E-state index >= 15 is 0 Å². The van der Waals surface area contributed by atoms with Crippen molar-refractivity contribution in [1.29, 1.82) is 0 Å². The van der Waals surface area contributed by atoms with Gasteiger partial charge in [0.1, 0.15) is 6.10 Å². The molecule has 1 aliphatic heterocycles. The van der Waals surface area contributed by atoms with E-state index in [0.717, 1.165) is 15.6 Å². The van der Waals surface area contributed by atoms with Crippen LogP contribution in [0.15, 0.2) is 64.0 Å². The molecule has 0 saturated carbocycles. The van der Waals surface area contributed by atoms with E-state index < -0.39 is 10.0 Å². The Labute approximate surface area is 179 Å².